The number of aliphatic imine (C=N–C) groups is 1. The highest BCUT2D eigenvalue weighted by atomic mass is 127. The lowest BCUT2D eigenvalue weighted by Crippen LogP contribution is -2.36. The Morgan fingerprint density at radius 2 is 1.79 bits per heavy atom. The van der Waals surface area contributed by atoms with Crippen LogP contribution in [0.25, 0.3) is 0 Å². The molecule has 0 fully saturated rings. The molecule has 0 saturated heterocycles. The molecule has 8 heteroatoms. The highest BCUT2D eigenvalue weighted by Crippen LogP contribution is 2.08. The molecule has 0 unspecified atom stereocenters. The molecule has 0 atom stereocenters. The molecule has 0 saturated carbocycles. The van der Waals surface area contributed by atoms with Crippen molar-refractivity contribution in [2.45, 2.75) is 46.7 Å². The normalized spacial score (nSPS) is 10.9. The van der Waals surface area contributed by atoms with Gasteiger partial charge >= 0.3 is 0 Å². The van der Waals surface area contributed by atoms with Crippen molar-refractivity contribution in [1.29, 1.82) is 0 Å². The Morgan fingerprint density at radius 3 is 2.36 bits per heavy atom. The number of guanidine groups is 1. The average molecular weight is 499 g/mol. The van der Waals surface area contributed by atoms with Crippen LogP contribution in [0, 0.1) is 13.8 Å². The molecule has 0 spiro atoms. The molecular weight excluding hydrogens is 469 g/mol. The number of carbonyl (C=O) groups is 1. The summed E-state index contributed by atoms with van der Waals surface area (Å²) in [6, 6.07) is 7.56. The van der Waals surface area contributed by atoms with E-state index in [9.17, 15) is 4.79 Å². The van der Waals surface area contributed by atoms with Crippen molar-refractivity contribution in [2.24, 2.45) is 4.99 Å². The summed E-state index contributed by atoms with van der Waals surface area (Å²) < 4.78 is 5.55. The summed E-state index contributed by atoms with van der Waals surface area (Å²) in [5.41, 5.74) is 2.63. The maximum absolute atomic E-state index is 12.0. The Balaban J connectivity index is 0.00000392. The van der Waals surface area contributed by atoms with Gasteiger partial charge in [0.1, 0.15) is 5.76 Å². The first-order valence-electron chi connectivity index (χ1n) is 9.28. The number of hydrogen-bond donors (Lipinski definition) is 3. The summed E-state index contributed by atoms with van der Waals surface area (Å²) in [5.74, 6) is 2.09. The highest BCUT2D eigenvalue weighted by molar-refractivity contribution is 14.0. The predicted octanol–water partition coefficient (Wildman–Crippen LogP) is 3.30. The molecule has 0 aliphatic heterocycles. The molecule has 0 bridgehead atoms. The third-order valence-corrected chi connectivity index (χ3v) is 4.20. The van der Waals surface area contributed by atoms with Crippen molar-refractivity contribution in [3.8, 4) is 0 Å². The van der Waals surface area contributed by atoms with E-state index in [0.717, 1.165) is 29.9 Å². The number of nitrogens with one attached hydrogen (secondary N) is 3. The number of hydrogen-bond acceptors (Lipinski definition) is 4. The number of rotatable bonds is 8. The summed E-state index contributed by atoms with van der Waals surface area (Å²) in [6.45, 7) is 7.69. The lowest BCUT2D eigenvalue weighted by molar-refractivity contribution is 0.0953. The van der Waals surface area contributed by atoms with Crippen molar-refractivity contribution < 1.29 is 9.21 Å². The molecule has 28 heavy (non-hydrogen) atoms. The molecule has 2 aromatic rings. The van der Waals surface area contributed by atoms with Crippen LogP contribution in [0.4, 0.5) is 0 Å². The van der Waals surface area contributed by atoms with Gasteiger partial charge in [-0.05, 0) is 38.0 Å². The van der Waals surface area contributed by atoms with Gasteiger partial charge in [-0.25, -0.2) is 4.98 Å². The van der Waals surface area contributed by atoms with Crippen molar-refractivity contribution in [2.75, 3.05) is 13.6 Å². The number of aromatic nitrogens is 1. The molecule has 1 heterocycles. The van der Waals surface area contributed by atoms with E-state index in [0.29, 0.717) is 37.0 Å². The van der Waals surface area contributed by atoms with Crippen LogP contribution in [0.3, 0.4) is 0 Å². The van der Waals surface area contributed by atoms with E-state index in [1.165, 1.54) is 0 Å². The largest absolute Gasteiger partial charge is 0.444 e. The molecule has 7 nitrogen and oxygen atoms in total. The molecule has 2 rings (SSSR count). The van der Waals surface area contributed by atoms with Gasteiger partial charge in [0, 0.05) is 25.7 Å². The summed E-state index contributed by atoms with van der Waals surface area (Å²) in [6.07, 6.45) is 2.06. The third-order valence-electron chi connectivity index (χ3n) is 4.20. The van der Waals surface area contributed by atoms with Crippen LogP contribution < -0.4 is 16.0 Å². The minimum absolute atomic E-state index is 0. The maximum atomic E-state index is 12.0. The fourth-order valence-electron chi connectivity index (χ4n) is 2.44. The summed E-state index contributed by atoms with van der Waals surface area (Å²) in [7, 11) is 1.71. The smallest absolute Gasteiger partial charge is 0.251 e. The number of benzene rings is 1. The SMILES string of the molecule is CCCCNC(=O)c1ccc(CNC(=NC)NCc2nc(C)c(C)o2)cc1.I. The minimum atomic E-state index is -0.0306. The second kappa shape index (κ2) is 12.4. The Hall–Kier alpha value is -2.10. The van der Waals surface area contributed by atoms with Crippen LogP contribution in [-0.4, -0.2) is 30.4 Å². The van der Waals surface area contributed by atoms with Gasteiger partial charge in [-0.3, -0.25) is 9.79 Å². The summed E-state index contributed by atoms with van der Waals surface area (Å²) in [4.78, 5) is 20.6. The van der Waals surface area contributed by atoms with E-state index in [-0.39, 0.29) is 29.9 Å². The number of halogens is 1. The van der Waals surface area contributed by atoms with Crippen LogP contribution in [0.1, 0.15) is 53.0 Å². The second-order valence-electron chi connectivity index (χ2n) is 6.33. The zero-order chi connectivity index (χ0) is 19.6. The Kier molecular flexibility index (Phi) is 10.6. The molecule has 0 aliphatic carbocycles. The maximum Gasteiger partial charge on any atom is 0.251 e. The molecule has 1 amide bonds. The predicted molar refractivity (Wildman–Crippen MR) is 122 cm³/mol. The number of carbonyl (C=O) groups excluding carboxylic acids is 1. The monoisotopic (exact) mass is 499 g/mol. The number of unbranched alkanes of at least 4 members (excludes halogenated alkanes) is 1. The fraction of sp³-hybridized carbons (Fsp3) is 0.450. The van der Waals surface area contributed by atoms with E-state index < -0.39 is 0 Å². The van der Waals surface area contributed by atoms with Crippen molar-refractivity contribution in [3.63, 3.8) is 0 Å². The average Bonchev–Trinajstić information content (AvgIpc) is 3.00. The lowest BCUT2D eigenvalue weighted by atomic mass is 10.1. The van der Waals surface area contributed by atoms with Gasteiger partial charge in [-0.1, -0.05) is 25.5 Å². The van der Waals surface area contributed by atoms with Gasteiger partial charge < -0.3 is 20.4 Å². The molecule has 154 valence electrons. The standard InChI is InChI=1S/C20H29N5O2.HI/c1-5-6-11-22-19(26)17-9-7-16(8-10-17)12-23-20(21-4)24-13-18-25-14(2)15(3)27-18;/h7-10H,5-6,11-13H2,1-4H3,(H,22,26)(H2,21,23,24);1H. The van der Waals surface area contributed by atoms with Crippen molar-refractivity contribution in [1.82, 2.24) is 20.9 Å². The Morgan fingerprint density at radius 1 is 1.11 bits per heavy atom. The number of aryl methyl sites for hydroxylation is 2. The Labute approximate surface area is 183 Å². The molecular formula is C20H30IN5O2. The fourth-order valence-corrected chi connectivity index (χ4v) is 2.44. The van der Waals surface area contributed by atoms with Gasteiger partial charge in [-0.15, -0.1) is 24.0 Å². The van der Waals surface area contributed by atoms with E-state index in [1.54, 1.807) is 7.05 Å². The van der Waals surface area contributed by atoms with E-state index in [2.05, 4.69) is 32.9 Å². The van der Waals surface area contributed by atoms with Crippen LogP contribution in [0.2, 0.25) is 0 Å². The highest BCUT2D eigenvalue weighted by Gasteiger charge is 2.07. The number of amides is 1. The number of oxazole rings is 1. The molecule has 1 aromatic heterocycles. The van der Waals surface area contributed by atoms with Gasteiger partial charge in [0.2, 0.25) is 5.89 Å². The first-order chi connectivity index (χ1) is 13.0. The second-order valence-corrected chi connectivity index (χ2v) is 6.33. The van der Waals surface area contributed by atoms with Gasteiger partial charge in [0.25, 0.3) is 5.91 Å². The van der Waals surface area contributed by atoms with Gasteiger partial charge in [0.15, 0.2) is 5.96 Å². The van der Waals surface area contributed by atoms with Gasteiger partial charge in [-0.2, -0.15) is 0 Å². The summed E-state index contributed by atoms with van der Waals surface area (Å²) >= 11 is 0. The van der Waals surface area contributed by atoms with Crippen LogP contribution in [0.5, 0.6) is 0 Å². The first-order valence-corrected chi connectivity index (χ1v) is 9.28. The quantitative estimate of drug-likeness (QED) is 0.225. The summed E-state index contributed by atoms with van der Waals surface area (Å²) in [5, 5.41) is 9.33. The Bertz CT molecular complexity index is 752. The van der Waals surface area contributed by atoms with E-state index >= 15 is 0 Å². The minimum Gasteiger partial charge on any atom is -0.444 e. The molecule has 1 aromatic carbocycles. The molecule has 3 N–H and O–H groups in total. The van der Waals surface area contributed by atoms with Crippen molar-refractivity contribution in [3.05, 3.63) is 52.7 Å². The zero-order valence-corrected chi connectivity index (χ0v) is 19.3. The molecule has 0 aliphatic rings. The van der Waals surface area contributed by atoms with Gasteiger partial charge in [0.05, 0.1) is 12.2 Å². The van der Waals surface area contributed by atoms with Crippen molar-refractivity contribution >= 4 is 35.8 Å². The van der Waals surface area contributed by atoms with Crippen LogP contribution >= 0.6 is 24.0 Å². The van der Waals surface area contributed by atoms with E-state index in [4.69, 9.17) is 4.42 Å². The van der Waals surface area contributed by atoms with E-state index in [1.807, 2.05) is 38.1 Å². The third kappa shape index (κ3) is 7.49. The zero-order valence-electron chi connectivity index (χ0n) is 17.0. The number of nitrogens with zero attached hydrogens (tertiary/aromatic N) is 2. The van der Waals surface area contributed by atoms with Crippen LogP contribution in [0.15, 0.2) is 33.7 Å². The lowest BCUT2D eigenvalue weighted by Gasteiger charge is -2.11. The first kappa shape index (κ1) is 23.9. The van der Waals surface area contributed by atoms with Crippen LogP contribution in [-0.2, 0) is 13.1 Å². The topological polar surface area (TPSA) is 91.5 Å². The molecule has 0 radical (unpaired) electrons.